The predicted molar refractivity (Wildman–Crippen MR) is 154 cm³/mol. The Labute approximate surface area is 237 Å². The summed E-state index contributed by atoms with van der Waals surface area (Å²) in [4.78, 5) is 28.6. The van der Waals surface area contributed by atoms with Crippen molar-refractivity contribution in [2.45, 2.75) is 46.1 Å². The second-order valence-corrected chi connectivity index (χ2v) is 12.0. The van der Waals surface area contributed by atoms with Crippen molar-refractivity contribution in [3.8, 4) is 5.75 Å². The standard InChI is InChI=1S/C30H33BBrNO6/c1-16(2)22-14-23-28(30(36)33(29(23)35)21-6-4-5-19(13-21)31(37)38)24-15-39-26(27(22)24)10-7-17(3)11-18-12-20(32)8-9-25(18)34/h4-6,8-9,11-13,16,23-24,26,28,34,37-38H,7,10,14-15H2,1-3H3/b17-11+/t23-,24+,26-,28-/m1/s1. The maximum absolute atomic E-state index is 13.8. The van der Waals surface area contributed by atoms with Gasteiger partial charge in [0.25, 0.3) is 0 Å². The first-order valence-corrected chi connectivity index (χ1v) is 14.2. The van der Waals surface area contributed by atoms with Crippen LogP contribution in [0.15, 0.2) is 63.7 Å². The van der Waals surface area contributed by atoms with Crippen LogP contribution in [0.3, 0.4) is 0 Å². The molecule has 0 saturated carbocycles. The number of allylic oxidation sites excluding steroid dienone is 2. The fraction of sp³-hybridized carbons (Fsp3) is 0.400. The van der Waals surface area contributed by atoms with E-state index in [1.807, 2.05) is 19.1 Å². The van der Waals surface area contributed by atoms with E-state index in [9.17, 15) is 24.7 Å². The minimum absolute atomic E-state index is 0.127. The van der Waals surface area contributed by atoms with E-state index in [1.165, 1.54) is 22.1 Å². The third-order valence-corrected chi connectivity index (χ3v) is 8.75. The summed E-state index contributed by atoms with van der Waals surface area (Å²) in [5, 5.41) is 29.4. The third-order valence-electron chi connectivity index (χ3n) is 8.26. The fourth-order valence-electron chi connectivity index (χ4n) is 6.38. The number of hydrogen-bond acceptors (Lipinski definition) is 6. The summed E-state index contributed by atoms with van der Waals surface area (Å²) >= 11 is 3.45. The Morgan fingerprint density at radius 3 is 2.64 bits per heavy atom. The van der Waals surface area contributed by atoms with Gasteiger partial charge in [0.1, 0.15) is 5.75 Å². The number of phenols is 1. The van der Waals surface area contributed by atoms with E-state index in [0.29, 0.717) is 18.7 Å². The molecule has 2 fully saturated rings. The van der Waals surface area contributed by atoms with Crippen molar-refractivity contribution in [2.24, 2.45) is 23.7 Å². The molecule has 0 unspecified atom stereocenters. The summed E-state index contributed by atoms with van der Waals surface area (Å²) in [6.07, 6.45) is 3.89. The van der Waals surface area contributed by atoms with E-state index in [4.69, 9.17) is 4.74 Å². The van der Waals surface area contributed by atoms with Gasteiger partial charge in [0.05, 0.1) is 30.2 Å². The molecule has 1 aliphatic carbocycles. The van der Waals surface area contributed by atoms with Gasteiger partial charge in [0.2, 0.25) is 11.8 Å². The molecular weight excluding hydrogens is 561 g/mol. The summed E-state index contributed by atoms with van der Waals surface area (Å²) in [6, 6.07) is 11.7. The normalized spacial score (nSPS) is 25.0. The average molecular weight is 594 g/mol. The average Bonchev–Trinajstić information content (AvgIpc) is 3.42. The minimum atomic E-state index is -1.69. The zero-order valence-electron chi connectivity index (χ0n) is 22.3. The minimum Gasteiger partial charge on any atom is -0.507 e. The Balaban J connectivity index is 1.39. The number of fused-ring (bicyclic) bond motifs is 3. The number of carbonyl (C=O) groups excluding carboxylic acids is 2. The lowest BCUT2D eigenvalue weighted by molar-refractivity contribution is -0.122. The molecule has 0 bridgehead atoms. The van der Waals surface area contributed by atoms with Crippen LogP contribution in [0.1, 0.15) is 45.6 Å². The lowest BCUT2D eigenvalue weighted by Gasteiger charge is -2.33. The molecule has 2 aliphatic heterocycles. The maximum Gasteiger partial charge on any atom is 0.488 e. The number of rotatable bonds is 7. The molecule has 3 N–H and O–H groups in total. The zero-order valence-corrected chi connectivity index (χ0v) is 23.9. The number of hydrogen-bond donors (Lipinski definition) is 3. The Morgan fingerprint density at radius 2 is 1.92 bits per heavy atom. The molecule has 3 aliphatic rings. The summed E-state index contributed by atoms with van der Waals surface area (Å²) < 4.78 is 7.21. The van der Waals surface area contributed by atoms with Crippen LogP contribution in [-0.2, 0) is 14.3 Å². The number of nitrogens with zero attached hydrogens (tertiary/aromatic N) is 1. The van der Waals surface area contributed by atoms with E-state index in [-0.39, 0.29) is 41.0 Å². The summed E-state index contributed by atoms with van der Waals surface area (Å²) in [5.41, 5.74) is 4.84. The second kappa shape index (κ2) is 11.0. The molecule has 204 valence electrons. The molecule has 0 aromatic heterocycles. The van der Waals surface area contributed by atoms with E-state index in [1.54, 1.807) is 30.3 Å². The SMILES string of the molecule is C/C(=C\c1cc(Br)ccc1O)CC[C@H]1OC[C@H]2C1=C(C(C)C)C[C@H]1C(=O)N(c3cccc(B(O)O)c3)C(=O)[C@H]12. The van der Waals surface area contributed by atoms with Crippen molar-refractivity contribution in [2.75, 3.05) is 11.5 Å². The van der Waals surface area contributed by atoms with Crippen LogP contribution >= 0.6 is 15.9 Å². The quantitative estimate of drug-likeness (QED) is 0.252. The lowest BCUT2D eigenvalue weighted by Crippen LogP contribution is -2.36. The first kappa shape index (κ1) is 27.8. The van der Waals surface area contributed by atoms with Crippen LogP contribution in [-0.4, -0.2) is 46.8 Å². The third kappa shape index (κ3) is 5.25. The lowest BCUT2D eigenvalue weighted by atomic mass is 9.67. The van der Waals surface area contributed by atoms with Crippen LogP contribution < -0.4 is 10.4 Å². The largest absolute Gasteiger partial charge is 0.507 e. The van der Waals surface area contributed by atoms with Crippen LogP contribution in [0.4, 0.5) is 5.69 Å². The van der Waals surface area contributed by atoms with Gasteiger partial charge in [-0.05, 0) is 73.5 Å². The Bertz CT molecular complexity index is 1370. The van der Waals surface area contributed by atoms with Crippen LogP contribution in [0.25, 0.3) is 6.08 Å². The number of aromatic hydroxyl groups is 1. The molecular formula is C30H33BBrNO6. The van der Waals surface area contributed by atoms with Crippen molar-refractivity contribution in [3.63, 3.8) is 0 Å². The van der Waals surface area contributed by atoms with Crippen molar-refractivity contribution in [3.05, 3.63) is 69.2 Å². The number of imide groups is 1. The van der Waals surface area contributed by atoms with Crippen LogP contribution in [0.2, 0.25) is 0 Å². The zero-order chi connectivity index (χ0) is 28.0. The highest BCUT2D eigenvalue weighted by molar-refractivity contribution is 9.10. The molecule has 5 rings (SSSR count). The number of ether oxygens (including phenoxy) is 1. The molecule has 2 aromatic rings. The van der Waals surface area contributed by atoms with E-state index >= 15 is 0 Å². The molecule has 2 aromatic carbocycles. The van der Waals surface area contributed by atoms with E-state index in [0.717, 1.165) is 28.5 Å². The molecule has 2 heterocycles. The summed E-state index contributed by atoms with van der Waals surface area (Å²) in [5.74, 6) is -1.13. The second-order valence-electron chi connectivity index (χ2n) is 11.1. The number of phenolic OH excluding ortho intramolecular Hbond substituents is 1. The predicted octanol–water partition coefficient (Wildman–Crippen LogP) is 4.20. The fourth-order valence-corrected chi connectivity index (χ4v) is 6.75. The molecule has 2 amide bonds. The van der Waals surface area contributed by atoms with Gasteiger partial charge in [-0.3, -0.25) is 14.5 Å². The highest BCUT2D eigenvalue weighted by Crippen LogP contribution is 2.51. The van der Waals surface area contributed by atoms with Gasteiger partial charge in [-0.1, -0.05) is 59.1 Å². The topological polar surface area (TPSA) is 107 Å². The van der Waals surface area contributed by atoms with Gasteiger partial charge in [-0.15, -0.1) is 0 Å². The van der Waals surface area contributed by atoms with Crippen molar-refractivity contribution >= 4 is 52.1 Å². The van der Waals surface area contributed by atoms with Gasteiger partial charge in [0.15, 0.2) is 0 Å². The molecule has 0 radical (unpaired) electrons. The first-order chi connectivity index (χ1) is 18.6. The Hall–Kier alpha value is -2.72. The molecule has 0 spiro atoms. The monoisotopic (exact) mass is 593 g/mol. The van der Waals surface area contributed by atoms with Crippen molar-refractivity contribution in [1.29, 1.82) is 0 Å². The number of carbonyl (C=O) groups is 2. The number of benzene rings is 2. The van der Waals surface area contributed by atoms with Crippen LogP contribution in [0, 0.1) is 23.7 Å². The van der Waals surface area contributed by atoms with Gasteiger partial charge in [-0.2, -0.15) is 0 Å². The Kier molecular flexibility index (Phi) is 7.88. The van der Waals surface area contributed by atoms with Gasteiger partial charge in [0, 0.05) is 16.0 Å². The van der Waals surface area contributed by atoms with Crippen molar-refractivity contribution < 1.29 is 29.5 Å². The molecule has 7 nitrogen and oxygen atoms in total. The number of amides is 2. The molecule has 4 atom stereocenters. The summed E-state index contributed by atoms with van der Waals surface area (Å²) in [7, 11) is -1.69. The van der Waals surface area contributed by atoms with Gasteiger partial charge < -0.3 is 19.9 Å². The number of anilines is 1. The number of halogens is 1. The van der Waals surface area contributed by atoms with Gasteiger partial charge in [-0.25, -0.2) is 0 Å². The molecule has 2 saturated heterocycles. The first-order valence-electron chi connectivity index (χ1n) is 13.4. The molecule has 39 heavy (non-hydrogen) atoms. The maximum atomic E-state index is 13.8. The van der Waals surface area contributed by atoms with Gasteiger partial charge >= 0.3 is 7.12 Å². The summed E-state index contributed by atoms with van der Waals surface area (Å²) in [6.45, 7) is 6.69. The molecule has 9 heteroatoms. The Morgan fingerprint density at radius 1 is 1.15 bits per heavy atom. The highest BCUT2D eigenvalue weighted by Gasteiger charge is 2.57. The van der Waals surface area contributed by atoms with Crippen LogP contribution in [0.5, 0.6) is 5.75 Å². The van der Waals surface area contributed by atoms with E-state index in [2.05, 4.69) is 29.8 Å². The van der Waals surface area contributed by atoms with E-state index < -0.39 is 19.0 Å². The van der Waals surface area contributed by atoms with Crippen molar-refractivity contribution in [1.82, 2.24) is 0 Å². The highest BCUT2D eigenvalue weighted by atomic mass is 79.9. The smallest absolute Gasteiger partial charge is 0.488 e.